The molecule has 1 aliphatic rings. The van der Waals surface area contributed by atoms with Gasteiger partial charge < -0.3 is 0 Å². The first-order valence-electron chi connectivity index (χ1n) is 7.39. The van der Waals surface area contributed by atoms with Gasteiger partial charge in [0, 0.05) is 17.9 Å². The van der Waals surface area contributed by atoms with E-state index in [1.54, 1.807) is 30.3 Å². The van der Waals surface area contributed by atoms with Crippen LogP contribution < -0.4 is 0 Å². The minimum absolute atomic E-state index is 0.258. The minimum atomic E-state index is -1.15. The SMILES string of the molecule is O=C1CCC(c2ccccc2)C(=O)C1C(=O)c1ccccc1. The first kappa shape index (κ1) is 14.4. The summed E-state index contributed by atoms with van der Waals surface area (Å²) in [7, 11) is 0. The molecule has 3 rings (SSSR count). The summed E-state index contributed by atoms with van der Waals surface area (Å²) >= 11 is 0. The molecule has 2 atom stereocenters. The molecule has 1 aliphatic carbocycles. The third-order valence-corrected chi connectivity index (χ3v) is 4.15. The number of hydrogen-bond donors (Lipinski definition) is 0. The smallest absolute Gasteiger partial charge is 0.180 e. The molecule has 1 fully saturated rings. The highest BCUT2D eigenvalue weighted by atomic mass is 16.2. The van der Waals surface area contributed by atoms with Gasteiger partial charge >= 0.3 is 0 Å². The lowest BCUT2D eigenvalue weighted by molar-refractivity contribution is -0.134. The predicted octanol–water partition coefficient (Wildman–Crippen LogP) is 3.20. The molecule has 0 aliphatic heterocycles. The van der Waals surface area contributed by atoms with Crippen LogP contribution in [0.15, 0.2) is 60.7 Å². The summed E-state index contributed by atoms with van der Waals surface area (Å²) in [5, 5.41) is 0. The second-order valence-corrected chi connectivity index (χ2v) is 5.53. The van der Waals surface area contributed by atoms with Crippen LogP contribution >= 0.6 is 0 Å². The van der Waals surface area contributed by atoms with Crippen LogP contribution in [0.5, 0.6) is 0 Å². The van der Waals surface area contributed by atoms with Gasteiger partial charge in [-0.2, -0.15) is 0 Å². The molecule has 110 valence electrons. The van der Waals surface area contributed by atoms with E-state index in [0.717, 1.165) is 5.56 Å². The van der Waals surface area contributed by atoms with Crippen LogP contribution in [0.25, 0.3) is 0 Å². The topological polar surface area (TPSA) is 51.2 Å². The van der Waals surface area contributed by atoms with Crippen molar-refractivity contribution in [3.8, 4) is 0 Å². The Kier molecular flexibility index (Phi) is 3.96. The quantitative estimate of drug-likeness (QED) is 0.645. The Labute approximate surface area is 129 Å². The standard InChI is InChI=1S/C19H16O3/c20-16-12-11-15(13-7-3-1-4-8-13)19(22)17(16)18(21)14-9-5-2-6-10-14/h1-10,15,17H,11-12H2. The summed E-state index contributed by atoms with van der Waals surface area (Å²) in [6, 6.07) is 17.9. The second-order valence-electron chi connectivity index (χ2n) is 5.53. The zero-order valence-corrected chi connectivity index (χ0v) is 12.1. The number of rotatable bonds is 3. The maximum absolute atomic E-state index is 12.7. The van der Waals surface area contributed by atoms with Gasteiger partial charge in [-0.1, -0.05) is 60.7 Å². The van der Waals surface area contributed by atoms with Crippen molar-refractivity contribution in [1.29, 1.82) is 0 Å². The molecule has 22 heavy (non-hydrogen) atoms. The van der Waals surface area contributed by atoms with Crippen LogP contribution in [0.1, 0.15) is 34.7 Å². The Hall–Kier alpha value is -2.55. The highest BCUT2D eigenvalue weighted by Crippen LogP contribution is 2.32. The molecule has 0 saturated heterocycles. The van der Waals surface area contributed by atoms with Gasteiger partial charge in [-0.3, -0.25) is 14.4 Å². The van der Waals surface area contributed by atoms with Gasteiger partial charge in [0.1, 0.15) is 5.92 Å². The molecular formula is C19H16O3. The monoisotopic (exact) mass is 292 g/mol. The van der Waals surface area contributed by atoms with E-state index >= 15 is 0 Å². The molecule has 0 amide bonds. The maximum Gasteiger partial charge on any atom is 0.180 e. The van der Waals surface area contributed by atoms with Crippen LogP contribution in [0.4, 0.5) is 0 Å². The molecule has 0 bridgehead atoms. The van der Waals surface area contributed by atoms with Crippen molar-refractivity contribution in [2.24, 2.45) is 5.92 Å². The van der Waals surface area contributed by atoms with Crippen molar-refractivity contribution in [3.05, 3.63) is 71.8 Å². The zero-order chi connectivity index (χ0) is 15.5. The molecule has 1 saturated carbocycles. The summed E-state index contributed by atoms with van der Waals surface area (Å²) < 4.78 is 0. The molecule has 0 N–H and O–H groups in total. The number of benzene rings is 2. The Bertz CT molecular complexity index is 704. The Balaban J connectivity index is 1.91. The maximum atomic E-state index is 12.7. The van der Waals surface area contributed by atoms with Crippen molar-refractivity contribution in [2.45, 2.75) is 18.8 Å². The van der Waals surface area contributed by atoms with E-state index in [9.17, 15) is 14.4 Å². The summed E-state index contributed by atoms with van der Waals surface area (Å²) in [5.74, 6) is -2.42. The van der Waals surface area contributed by atoms with Crippen molar-refractivity contribution < 1.29 is 14.4 Å². The molecule has 2 aromatic carbocycles. The average molecular weight is 292 g/mol. The van der Waals surface area contributed by atoms with Crippen molar-refractivity contribution in [1.82, 2.24) is 0 Å². The van der Waals surface area contributed by atoms with Crippen LogP contribution in [0, 0.1) is 5.92 Å². The fourth-order valence-corrected chi connectivity index (χ4v) is 2.99. The summed E-state index contributed by atoms with van der Waals surface area (Å²) in [6.07, 6.45) is 0.759. The predicted molar refractivity (Wildman–Crippen MR) is 82.7 cm³/mol. The summed E-state index contributed by atoms with van der Waals surface area (Å²) in [4.78, 5) is 37.4. The summed E-state index contributed by atoms with van der Waals surface area (Å²) in [5.41, 5.74) is 1.30. The molecule has 3 heteroatoms. The van der Waals surface area contributed by atoms with Crippen molar-refractivity contribution in [3.63, 3.8) is 0 Å². The molecule has 2 aromatic rings. The summed E-state index contributed by atoms with van der Waals surface area (Å²) in [6.45, 7) is 0. The molecule has 0 radical (unpaired) electrons. The number of Topliss-reactive ketones (excluding diaryl/α,β-unsaturated/α-hetero) is 3. The highest BCUT2D eigenvalue weighted by molar-refractivity contribution is 6.26. The van der Waals surface area contributed by atoms with E-state index in [1.807, 2.05) is 30.3 Å². The van der Waals surface area contributed by atoms with E-state index in [-0.39, 0.29) is 29.7 Å². The highest BCUT2D eigenvalue weighted by Gasteiger charge is 2.42. The Morgan fingerprint density at radius 1 is 0.864 bits per heavy atom. The molecule has 0 aromatic heterocycles. The Morgan fingerprint density at radius 2 is 1.45 bits per heavy atom. The van der Waals surface area contributed by atoms with E-state index in [4.69, 9.17) is 0 Å². The lowest BCUT2D eigenvalue weighted by atomic mass is 9.73. The number of ketones is 3. The molecule has 0 spiro atoms. The van der Waals surface area contributed by atoms with E-state index < -0.39 is 5.92 Å². The van der Waals surface area contributed by atoms with E-state index in [1.165, 1.54) is 0 Å². The van der Waals surface area contributed by atoms with Crippen LogP contribution in [0.3, 0.4) is 0 Å². The first-order chi connectivity index (χ1) is 10.7. The second kappa shape index (κ2) is 6.06. The van der Waals surface area contributed by atoms with Gasteiger partial charge in [0.05, 0.1) is 0 Å². The normalized spacial score (nSPS) is 21.6. The van der Waals surface area contributed by atoms with Gasteiger partial charge in [0.15, 0.2) is 17.3 Å². The Morgan fingerprint density at radius 3 is 2.09 bits per heavy atom. The lowest BCUT2D eigenvalue weighted by Gasteiger charge is -2.26. The fourth-order valence-electron chi connectivity index (χ4n) is 2.99. The van der Waals surface area contributed by atoms with Crippen molar-refractivity contribution in [2.75, 3.05) is 0 Å². The van der Waals surface area contributed by atoms with Gasteiger partial charge in [-0.05, 0) is 12.0 Å². The number of hydrogen-bond acceptors (Lipinski definition) is 3. The van der Waals surface area contributed by atoms with Gasteiger partial charge in [0.25, 0.3) is 0 Å². The number of carbonyl (C=O) groups excluding carboxylic acids is 3. The first-order valence-corrected chi connectivity index (χ1v) is 7.39. The largest absolute Gasteiger partial charge is 0.298 e. The lowest BCUT2D eigenvalue weighted by Crippen LogP contribution is -2.39. The molecule has 2 unspecified atom stereocenters. The van der Waals surface area contributed by atoms with Crippen LogP contribution in [-0.4, -0.2) is 17.3 Å². The third-order valence-electron chi connectivity index (χ3n) is 4.15. The molecular weight excluding hydrogens is 276 g/mol. The van der Waals surface area contributed by atoms with Crippen LogP contribution in [-0.2, 0) is 9.59 Å². The van der Waals surface area contributed by atoms with Gasteiger partial charge in [0.2, 0.25) is 0 Å². The van der Waals surface area contributed by atoms with Crippen LogP contribution in [0.2, 0.25) is 0 Å². The van der Waals surface area contributed by atoms with Crippen molar-refractivity contribution >= 4 is 17.3 Å². The molecule has 0 heterocycles. The third kappa shape index (κ3) is 2.62. The van der Waals surface area contributed by atoms with E-state index in [0.29, 0.717) is 12.0 Å². The average Bonchev–Trinajstić information content (AvgIpc) is 2.56. The van der Waals surface area contributed by atoms with Gasteiger partial charge in [-0.15, -0.1) is 0 Å². The fraction of sp³-hybridized carbons (Fsp3) is 0.211. The minimum Gasteiger partial charge on any atom is -0.298 e. The zero-order valence-electron chi connectivity index (χ0n) is 12.1. The van der Waals surface area contributed by atoms with E-state index in [2.05, 4.69) is 0 Å². The molecule has 3 nitrogen and oxygen atoms in total. The van der Waals surface area contributed by atoms with Gasteiger partial charge in [-0.25, -0.2) is 0 Å². The number of carbonyl (C=O) groups is 3.